The number of alkyl carbamates (subject to hydrolysis) is 1. The van der Waals surface area contributed by atoms with Gasteiger partial charge in [0.25, 0.3) is 0 Å². The van der Waals surface area contributed by atoms with E-state index in [1.165, 1.54) is 64.3 Å². The number of fused-ring (bicyclic) bond motifs is 5. The minimum absolute atomic E-state index is 0.0337. The molecule has 9 unspecified atom stereocenters. The zero-order valence-electron chi connectivity index (χ0n) is 33.5. The van der Waals surface area contributed by atoms with Gasteiger partial charge < -0.3 is 53.5 Å². The van der Waals surface area contributed by atoms with Crippen molar-refractivity contribution < 1.29 is 76.9 Å². The number of aliphatic hydroxyl groups excluding tert-OH is 2. The first-order valence-corrected chi connectivity index (χ1v) is 19.1. The van der Waals surface area contributed by atoms with Crippen molar-refractivity contribution in [1.82, 2.24) is 5.32 Å². The largest absolute Gasteiger partial charge is 0.467 e. The maximum absolute atomic E-state index is 15.4. The first-order chi connectivity index (χ1) is 27.7. The Hall–Kier alpha value is -5.36. The Kier molecular flexibility index (Phi) is 11.7. The maximum atomic E-state index is 15.4. The van der Waals surface area contributed by atoms with E-state index in [4.69, 9.17) is 32.8 Å². The number of carbonyl (C=O) groups is 6. The molecular formula is C42H49NO16. The van der Waals surface area contributed by atoms with Gasteiger partial charge in [-0.05, 0) is 49.3 Å². The van der Waals surface area contributed by atoms with Crippen LogP contribution in [0.15, 0.2) is 76.9 Å². The number of hydrogen-bond acceptors (Lipinski definition) is 16. The molecule has 3 aliphatic carbocycles. The Labute approximate surface area is 339 Å². The third-order valence-corrected chi connectivity index (χ3v) is 12.5. The number of ether oxygens (including phenoxy) is 6. The van der Waals surface area contributed by atoms with Gasteiger partial charge >= 0.3 is 30.0 Å². The summed E-state index contributed by atoms with van der Waals surface area (Å²) >= 11 is 0. The van der Waals surface area contributed by atoms with E-state index >= 15 is 4.79 Å². The van der Waals surface area contributed by atoms with Crippen molar-refractivity contribution in [3.8, 4) is 0 Å². The van der Waals surface area contributed by atoms with Crippen molar-refractivity contribution >= 4 is 35.8 Å². The number of rotatable bonds is 11. The summed E-state index contributed by atoms with van der Waals surface area (Å²) in [6, 6.07) is 9.07. The van der Waals surface area contributed by atoms with Crippen molar-refractivity contribution in [3.63, 3.8) is 0 Å². The highest BCUT2D eigenvalue weighted by molar-refractivity contribution is 5.95. The number of Topliss-reactive ketones (excluding diaryl/α,β-unsaturated/α-hetero) is 1. The molecule has 0 spiro atoms. The predicted molar refractivity (Wildman–Crippen MR) is 201 cm³/mol. The molecule has 4 N–H and O–H groups in total. The van der Waals surface area contributed by atoms with Crippen molar-refractivity contribution in [3.05, 3.63) is 83.9 Å². The topological polar surface area (TPSA) is 244 Å². The lowest BCUT2D eigenvalue weighted by atomic mass is 9.44. The highest BCUT2D eigenvalue weighted by Gasteiger charge is 2.78. The monoisotopic (exact) mass is 823 g/mol. The Bertz CT molecular complexity index is 2030. The van der Waals surface area contributed by atoms with Gasteiger partial charge in [0, 0.05) is 32.1 Å². The molecule has 17 nitrogen and oxygen atoms in total. The summed E-state index contributed by atoms with van der Waals surface area (Å²) in [5, 5.41) is 39.4. The van der Waals surface area contributed by atoms with Crippen molar-refractivity contribution in [2.24, 2.45) is 16.7 Å². The fourth-order valence-electron chi connectivity index (χ4n) is 9.44. The summed E-state index contributed by atoms with van der Waals surface area (Å²) < 4.78 is 40.3. The summed E-state index contributed by atoms with van der Waals surface area (Å²) in [6.45, 7) is 11.1. The highest BCUT2D eigenvalue weighted by atomic mass is 16.6. The van der Waals surface area contributed by atoms with E-state index in [9.17, 15) is 39.3 Å². The molecule has 1 aromatic heterocycles. The molecule has 2 aromatic rings. The summed E-state index contributed by atoms with van der Waals surface area (Å²) in [7, 11) is 0. The van der Waals surface area contributed by atoms with Gasteiger partial charge in [0.1, 0.15) is 42.3 Å². The van der Waals surface area contributed by atoms with Crippen LogP contribution in [0.3, 0.4) is 0 Å². The molecule has 1 aliphatic heterocycles. The second kappa shape index (κ2) is 16.0. The molecule has 11 atom stereocenters. The van der Waals surface area contributed by atoms with Crippen LogP contribution in [-0.2, 0) is 47.6 Å². The van der Waals surface area contributed by atoms with Crippen LogP contribution in [0.25, 0.3) is 0 Å². The van der Waals surface area contributed by atoms with E-state index in [0.29, 0.717) is 0 Å². The molecule has 1 amide bonds. The molecule has 318 valence electrons. The second-order valence-corrected chi connectivity index (χ2v) is 16.2. The predicted octanol–water partition coefficient (Wildman–Crippen LogP) is 2.81. The molecule has 2 heterocycles. The Morgan fingerprint density at radius 2 is 1.71 bits per heavy atom. The van der Waals surface area contributed by atoms with Crippen LogP contribution < -0.4 is 5.32 Å². The molecule has 1 aromatic carbocycles. The molecule has 4 aliphatic rings. The van der Waals surface area contributed by atoms with Gasteiger partial charge in [-0.25, -0.2) is 14.4 Å². The first-order valence-electron chi connectivity index (χ1n) is 19.1. The summed E-state index contributed by atoms with van der Waals surface area (Å²) in [5.41, 5.74) is -7.79. The average Bonchev–Trinajstić information content (AvgIpc) is 3.72. The van der Waals surface area contributed by atoms with E-state index in [2.05, 4.69) is 11.9 Å². The lowest BCUT2D eigenvalue weighted by molar-refractivity contribution is -0.346. The van der Waals surface area contributed by atoms with Gasteiger partial charge in [-0.1, -0.05) is 44.7 Å². The highest BCUT2D eigenvalue weighted by Crippen LogP contribution is 2.64. The van der Waals surface area contributed by atoms with Crippen LogP contribution in [0.1, 0.15) is 76.5 Å². The number of hydrogen-bond donors (Lipinski definition) is 4. The second-order valence-electron chi connectivity index (χ2n) is 16.2. The van der Waals surface area contributed by atoms with Crippen LogP contribution in [0, 0.1) is 16.7 Å². The third-order valence-electron chi connectivity index (χ3n) is 12.5. The number of amides is 1. The van der Waals surface area contributed by atoms with Gasteiger partial charge in [-0.15, -0.1) is 0 Å². The number of ketones is 1. The Morgan fingerprint density at radius 3 is 2.29 bits per heavy atom. The van der Waals surface area contributed by atoms with Gasteiger partial charge in [0.05, 0.1) is 35.9 Å². The van der Waals surface area contributed by atoms with E-state index in [0.717, 1.165) is 13.8 Å². The third kappa shape index (κ3) is 7.23. The van der Waals surface area contributed by atoms with Crippen molar-refractivity contribution in [1.29, 1.82) is 0 Å². The summed E-state index contributed by atoms with van der Waals surface area (Å²) in [5.74, 6) is -6.48. The van der Waals surface area contributed by atoms with E-state index < -0.39 is 113 Å². The number of furan rings is 1. The summed E-state index contributed by atoms with van der Waals surface area (Å²) in [4.78, 5) is 82.0. The zero-order valence-corrected chi connectivity index (χ0v) is 33.5. The minimum atomic E-state index is -2.41. The molecule has 17 heteroatoms. The van der Waals surface area contributed by atoms with Gasteiger partial charge in [0.2, 0.25) is 0 Å². The molecule has 3 fully saturated rings. The molecule has 2 saturated carbocycles. The van der Waals surface area contributed by atoms with E-state index in [-0.39, 0.29) is 42.1 Å². The van der Waals surface area contributed by atoms with Crippen LogP contribution >= 0.6 is 0 Å². The minimum Gasteiger partial charge on any atom is -0.467 e. The van der Waals surface area contributed by atoms with E-state index in [1.54, 1.807) is 18.2 Å². The van der Waals surface area contributed by atoms with Crippen molar-refractivity contribution in [2.75, 3.05) is 13.2 Å². The number of esters is 4. The first kappa shape index (κ1) is 43.2. The van der Waals surface area contributed by atoms with Gasteiger partial charge in [-0.2, -0.15) is 0 Å². The van der Waals surface area contributed by atoms with Crippen LogP contribution in [0.4, 0.5) is 4.79 Å². The van der Waals surface area contributed by atoms with Crippen LogP contribution in [0.2, 0.25) is 0 Å². The lowest BCUT2D eigenvalue weighted by Crippen LogP contribution is -2.82. The van der Waals surface area contributed by atoms with E-state index in [1.807, 2.05) is 0 Å². The smallest absolute Gasteiger partial charge is 0.408 e. The fraction of sp³-hybridized carbons (Fsp3) is 0.524. The molecule has 59 heavy (non-hydrogen) atoms. The Morgan fingerprint density at radius 1 is 1.02 bits per heavy atom. The zero-order chi connectivity index (χ0) is 43.2. The Balaban J connectivity index is 1.54. The SMILES string of the molecule is C=CCOC(=O)NC(c1ccco1)C(O)C(=O)OC1CC2(O)C(OC(=O)c3ccccc3)C3[C@]4(OC(C)=O)COC4CC(O)[C@@]3(C)C(=O)C(OC(C)=O)C(=C1C)C2(C)C. The van der Waals surface area contributed by atoms with Gasteiger partial charge in [-0.3, -0.25) is 14.4 Å². The quantitative estimate of drug-likeness (QED) is 0.145. The van der Waals surface area contributed by atoms with Crippen LogP contribution in [0.5, 0.6) is 0 Å². The number of nitrogens with one attached hydrogen (secondary N) is 1. The van der Waals surface area contributed by atoms with Gasteiger partial charge in [0.15, 0.2) is 23.6 Å². The lowest BCUT2D eigenvalue weighted by Gasteiger charge is -2.67. The standard InChI is InChI=1S/C42H49NO16/c1-8-16-54-38(51)43-30(25-15-12-17-53-25)31(47)37(50)57-26-19-42(52)35(58-36(49)24-13-10-9-11-14-24)33-40(7,27(46)18-28-41(33,20-55-28)59-23(4)45)34(48)32(56-22(3)44)29(21(26)2)39(42,5)6/h8-15,17,26-28,30-33,35,46-47,52H,1,16,18-20H2,2-7H3,(H,43,51)/t26?,27?,28?,30?,31?,32?,33?,35?,40-,41+,42?/m1/s1. The fourth-order valence-corrected chi connectivity index (χ4v) is 9.44. The molecule has 2 bridgehead atoms. The maximum Gasteiger partial charge on any atom is 0.408 e. The molecule has 1 saturated heterocycles. The average molecular weight is 824 g/mol. The normalized spacial score (nSPS) is 32.9. The molecular weight excluding hydrogens is 774 g/mol. The molecule has 6 rings (SSSR count). The summed E-state index contributed by atoms with van der Waals surface area (Å²) in [6.07, 6.45) is -9.25. The number of carbonyl (C=O) groups excluding carboxylic acids is 6. The molecule has 0 radical (unpaired) electrons. The van der Waals surface area contributed by atoms with Crippen molar-refractivity contribution in [2.45, 2.75) is 108 Å². The number of benzene rings is 1. The van der Waals surface area contributed by atoms with Crippen LogP contribution in [-0.4, -0.2) is 112 Å². The number of aliphatic hydroxyl groups is 3.